The number of carbonyl (C=O) groups is 1. The summed E-state index contributed by atoms with van der Waals surface area (Å²) in [5, 5.41) is 9.73. The molecule has 1 N–H and O–H groups in total. The molecule has 29 heavy (non-hydrogen) atoms. The number of aromatic nitrogens is 3. The Kier molecular flexibility index (Phi) is 5.92. The average Bonchev–Trinajstić information content (AvgIpc) is 3.34. The maximum Gasteiger partial charge on any atom is 0.275 e. The molecule has 0 saturated carbocycles. The molecule has 2 aromatic heterocycles. The summed E-state index contributed by atoms with van der Waals surface area (Å²) >= 11 is 1.38. The van der Waals surface area contributed by atoms with E-state index in [1.807, 2.05) is 44.2 Å². The lowest BCUT2D eigenvalue weighted by atomic mass is 10.1. The number of nitrogens with zero attached hydrogens (tertiary/aromatic N) is 3. The lowest BCUT2D eigenvalue weighted by molar-refractivity contribution is -0.0109. The van der Waals surface area contributed by atoms with Crippen molar-refractivity contribution < 1.29 is 14.3 Å². The molecule has 1 fully saturated rings. The zero-order chi connectivity index (χ0) is 20.2. The first kappa shape index (κ1) is 19.6. The van der Waals surface area contributed by atoms with Crippen LogP contribution < -0.4 is 10.1 Å². The first-order valence-electron chi connectivity index (χ1n) is 9.74. The van der Waals surface area contributed by atoms with Crippen LogP contribution in [0, 0.1) is 13.8 Å². The second kappa shape index (κ2) is 8.75. The van der Waals surface area contributed by atoms with Gasteiger partial charge in [-0.1, -0.05) is 12.1 Å². The highest BCUT2D eigenvalue weighted by molar-refractivity contribution is 7.12. The Morgan fingerprint density at radius 1 is 1.34 bits per heavy atom. The van der Waals surface area contributed by atoms with E-state index in [1.54, 1.807) is 10.1 Å². The van der Waals surface area contributed by atoms with Gasteiger partial charge in [0.05, 0.1) is 17.5 Å². The summed E-state index contributed by atoms with van der Waals surface area (Å²) in [6, 6.07) is 9.40. The molecule has 1 aliphatic rings. The number of para-hydroxylation sites is 2. The number of ether oxygens (including phenoxy) is 2. The van der Waals surface area contributed by atoms with Gasteiger partial charge in [0, 0.05) is 17.7 Å². The third-order valence-corrected chi connectivity index (χ3v) is 5.57. The molecule has 3 heterocycles. The predicted octanol–water partition coefficient (Wildman–Crippen LogP) is 4.15. The van der Waals surface area contributed by atoms with Crippen LogP contribution in [-0.4, -0.2) is 40.0 Å². The minimum absolute atomic E-state index is 0.106. The van der Waals surface area contributed by atoms with E-state index < -0.39 is 0 Å². The summed E-state index contributed by atoms with van der Waals surface area (Å²) in [6.45, 7) is 5.16. The lowest BCUT2D eigenvalue weighted by Crippen LogP contribution is -2.26. The highest BCUT2D eigenvalue weighted by atomic mass is 32.1. The van der Waals surface area contributed by atoms with Gasteiger partial charge in [0.1, 0.15) is 18.1 Å². The highest BCUT2D eigenvalue weighted by Crippen LogP contribution is 2.26. The maximum atomic E-state index is 12.7. The van der Waals surface area contributed by atoms with Gasteiger partial charge in [-0.05, 0) is 51.3 Å². The summed E-state index contributed by atoms with van der Waals surface area (Å²) in [6.07, 6.45) is 3.38. The first-order valence-corrected chi connectivity index (χ1v) is 10.6. The topological polar surface area (TPSA) is 78.3 Å². The van der Waals surface area contributed by atoms with Crippen LogP contribution in [0.15, 0.2) is 35.7 Å². The molecule has 3 aromatic rings. The Morgan fingerprint density at radius 2 is 2.21 bits per heavy atom. The number of thiazole rings is 1. The minimum atomic E-state index is -0.279. The molecule has 0 aliphatic carbocycles. The van der Waals surface area contributed by atoms with Crippen LogP contribution in [0.25, 0.3) is 5.13 Å². The molecular weight excluding hydrogens is 388 g/mol. The molecule has 0 unspecified atom stereocenters. The van der Waals surface area contributed by atoms with E-state index in [0.717, 1.165) is 37.3 Å². The molecule has 8 heteroatoms. The first-order chi connectivity index (χ1) is 14.1. The third-order valence-electron chi connectivity index (χ3n) is 4.75. The van der Waals surface area contributed by atoms with Crippen LogP contribution in [0.1, 0.15) is 41.1 Å². The summed E-state index contributed by atoms with van der Waals surface area (Å²) in [7, 11) is 0. The highest BCUT2D eigenvalue weighted by Gasteiger charge is 2.18. The summed E-state index contributed by atoms with van der Waals surface area (Å²) < 4.78 is 13.4. The summed E-state index contributed by atoms with van der Waals surface area (Å²) in [5.41, 5.74) is 2.86. The van der Waals surface area contributed by atoms with Gasteiger partial charge in [0.15, 0.2) is 0 Å². The van der Waals surface area contributed by atoms with Crippen molar-refractivity contribution in [3.05, 3.63) is 52.8 Å². The number of rotatable bonds is 6. The summed E-state index contributed by atoms with van der Waals surface area (Å²) in [4.78, 5) is 17.2. The third kappa shape index (κ3) is 4.65. The van der Waals surface area contributed by atoms with Crippen molar-refractivity contribution in [1.29, 1.82) is 0 Å². The van der Waals surface area contributed by atoms with E-state index in [9.17, 15) is 4.79 Å². The summed E-state index contributed by atoms with van der Waals surface area (Å²) in [5.74, 6) is 0.350. The molecule has 152 valence electrons. The van der Waals surface area contributed by atoms with E-state index in [0.29, 0.717) is 28.9 Å². The zero-order valence-electron chi connectivity index (χ0n) is 16.6. The number of hydrogen-bond donors (Lipinski definition) is 1. The Morgan fingerprint density at radius 3 is 2.97 bits per heavy atom. The van der Waals surface area contributed by atoms with Gasteiger partial charge in [-0.15, -0.1) is 11.3 Å². The van der Waals surface area contributed by atoms with Gasteiger partial charge < -0.3 is 14.8 Å². The minimum Gasteiger partial charge on any atom is -0.489 e. The standard InChI is InChI=1S/C21H24N4O3S/c1-14-11-15(2)25(24-14)21-23-18(13-29-21)20(26)22-17-8-3-4-9-19(17)28-12-16-7-5-6-10-27-16/h3-4,8-9,11,13,16H,5-7,10,12H2,1-2H3,(H,22,26)/t16-/m0/s1. The second-order valence-corrected chi connectivity index (χ2v) is 7.94. The van der Waals surface area contributed by atoms with E-state index in [2.05, 4.69) is 15.4 Å². The van der Waals surface area contributed by atoms with Crippen LogP contribution in [0.4, 0.5) is 5.69 Å². The number of carbonyl (C=O) groups excluding carboxylic acids is 1. The molecule has 1 atom stereocenters. The van der Waals surface area contributed by atoms with Gasteiger partial charge in [-0.2, -0.15) is 5.10 Å². The van der Waals surface area contributed by atoms with Crippen LogP contribution >= 0.6 is 11.3 Å². The van der Waals surface area contributed by atoms with Crippen molar-refractivity contribution in [3.63, 3.8) is 0 Å². The zero-order valence-corrected chi connectivity index (χ0v) is 17.4. The fourth-order valence-corrected chi connectivity index (χ4v) is 4.10. The van der Waals surface area contributed by atoms with Gasteiger partial charge in [-0.25, -0.2) is 9.67 Å². The molecule has 7 nitrogen and oxygen atoms in total. The maximum absolute atomic E-state index is 12.7. The van der Waals surface area contributed by atoms with Crippen LogP contribution in [0.3, 0.4) is 0 Å². The average molecular weight is 413 g/mol. The SMILES string of the molecule is Cc1cc(C)n(-c2nc(C(=O)Nc3ccccc3OC[C@@H]3CCCCO3)cs2)n1. The van der Waals surface area contributed by atoms with Gasteiger partial charge >= 0.3 is 0 Å². The molecule has 1 saturated heterocycles. The van der Waals surface area contributed by atoms with Crippen molar-refractivity contribution in [1.82, 2.24) is 14.8 Å². The fraction of sp³-hybridized carbons (Fsp3) is 0.381. The van der Waals surface area contributed by atoms with E-state index in [1.165, 1.54) is 11.3 Å². The van der Waals surface area contributed by atoms with Crippen molar-refractivity contribution in [2.24, 2.45) is 0 Å². The normalized spacial score (nSPS) is 16.6. The van der Waals surface area contributed by atoms with Crippen LogP contribution in [0.2, 0.25) is 0 Å². The molecule has 1 aromatic carbocycles. The largest absolute Gasteiger partial charge is 0.489 e. The number of aryl methyl sites for hydroxylation is 2. The van der Waals surface area contributed by atoms with Crippen molar-refractivity contribution in [2.75, 3.05) is 18.5 Å². The number of benzene rings is 1. The second-order valence-electron chi connectivity index (χ2n) is 7.10. The lowest BCUT2D eigenvalue weighted by Gasteiger charge is -2.23. The Hall–Kier alpha value is -2.71. The van der Waals surface area contributed by atoms with Crippen LogP contribution in [0.5, 0.6) is 5.75 Å². The molecule has 0 radical (unpaired) electrons. The molecular formula is C21H24N4O3S. The molecule has 1 aliphatic heterocycles. The predicted molar refractivity (Wildman–Crippen MR) is 112 cm³/mol. The van der Waals surface area contributed by atoms with Gasteiger partial charge in [-0.3, -0.25) is 4.79 Å². The monoisotopic (exact) mass is 412 g/mol. The number of nitrogens with one attached hydrogen (secondary N) is 1. The molecule has 4 rings (SSSR count). The van der Waals surface area contributed by atoms with Crippen molar-refractivity contribution in [2.45, 2.75) is 39.2 Å². The smallest absolute Gasteiger partial charge is 0.275 e. The van der Waals surface area contributed by atoms with Crippen LogP contribution in [-0.2, 0) is 4.74 Å². The Labute approximate surface area is 173 Å². The number of hydrogen-bond acceptors (Lipinski definition) is 6. The van der Waals surface area contributed by atoms with E-state index in [4.69, 9.17) is 9.47 Å². The van der Waals surface area contributed by atoms with E-state index >= 15 is 0 Å². The molecule has 0 bridgehead atoms. The van der Waals surface area contributed by atoms with E-state index in [-0.39, 0.29) is 12.0 Å². The Balaban J connectivity index is 1.44. The fourth-order valence-electron chi connectivity index (χ4n) is 3.29. The van der Waals surface area contributed by atoms with Gasteiger partial charge in [0.25, 0.3) is 5.91 Å². The molecule has 1 amide bonds. The van der Waals surface area contributed by atoms with Crippen molar-refractivity contribution >= 4 is 22.9 Å². The number of anilines is 1. The van der Waals surface area contributed by atoms with Crippen molar-refractivity contribution in [3.8, 4) is 10.9 Å². The molecule has 0 spiro atoms. The Bertz CT molecular complexity index is 991. The van der Waals surface area contributed by atoms with Gasteiger partial charge in [0.2, 0.25) is 5.13 Å². The quantitative estimate of drug-likeness (QED) is 0.658. The number of amides is 1.